The Morgan fingerprint density at radius 2 is 1.90 bits per heavy atom. The van der Waals surface area contributed by atoms with Crippen LogP contribution in [-0.2, 0) is 0 Å². The Morgan fingerprint density at radius 1 is 1.15 bits per heavy atom. The summed E-state index contributed by atoms with van der Waals surface area (Å²) in [7, 11) is 0. The van der Waals surface area contributed by atoms with Crippen molar-refractivity contribution in [3.05, 3.63) is 59.4 Å². The van der Waals surface area contributed by atoms with E-state index in [2.05, 4.69) is 20.2 Å². The van der Waals surface area contributed by atoms with Crippen molar-refractivity contribution in [1.82, 2.24) is 20.2 Å². The largest absolute Gasteiger partial charge is 0.342 e. The lowest BCUT2D eigenvalue weighted by atomic mass is 10.0. The zero-order valence-electron chi connectivity index (χ0n) is 11.3. The number of aromatic amines is 2. The zero-order chi connectivity index (χ0) is 14.1. The molecule has 2 N–H and O–H groups in total. The molecule has 2 aromatic heterocycles. The summed E-state index contributed by atoms with van der Waals surface area (Å²) in [4.78, 5) is 18.9. The maximum atomic E-state index is 12.1. The summed E-state index contributed by atoms with van der Waals surface area (Å²) in [6.45, 7) is 3.94. The highest BCUT2D eigenvalue weighted by Crippen LogP contribution is 2.25. The smallest absolute Gasteiger partial charge is 0.228 e. The van der Waals surface area contributed by atoms with Crippen molar-refractivity contribution in [3.63, 3.8) is 0 Å². The quantitative estimate of drug-likeness (QED) is 0.716. The molecule has 3 rings (SSSR count). The maximum absolute atomic E-state index is 12.1. The predicted molar refractivity (Wildman–Crippen MR) is 75.5 cm³/mol. The molecule has 0 amide bonds. The molecule has 0 saturated heterocycles. The minimum Gasteiger partial charge on any atom is -0.342 e. The van der Waals surface area contributed by atoms with Crippen molar-refractivity contribution in [2.45, 2.75) is 13.8 Å². The molecular formula is C15H14N4O. The predicted octanol–water partition coefficient (Wildman–Crippen LogP) is 2.65. The number of carbonyl (C=O) groups excluding carboxylic acids is 1. The van der Waals surface area contributed by atoms with E-state index in [0.717, 1.165) is 22.5 Å². The van der Waals surface area contributed by atoms with Gasteiger partial charge in [0, 0.05) is 29.2 Å². The van der Waals surface area contributed by atoms with Crippen molar-refractivity contribution in [2.24, 2.45) is 0 Å². The van der Waals surface area contributed by atoms with Crippen LogP contribution >= 0.6 is 0 Å². The number of imidazole rings is 1. The molecule has 100 valence electrons. The number of hydrogen-bond donors (Lipinski definition) is 2. The van der Waals surface area contributed by atoms with E-state index in [1.54, 1.807) is 12.4 Å². The fourth-order valence-corrected chi connectivity index (χ4v) is 2.29. The summed E-state index contributed by atoms with van der Waals surface area (Å²) in [5.74, 6) is 0.246. The summed E-state index contributed by atoms with van der Waals surface area (Å²) >= 11 is 0. The first-order chi connectivity index (χ1) is 9.66. The number of hydrogen-bond acceptors (Lipinski definition) is 3. The lowest BCUT2D eigenvalue weighted by Gasteiger charge is -2.03. The number of aryl methyl sites for hydroxylation is 2. The average molecular weight is 266 g/mol. The third-order valence-corrected chi connectivity index (χ3v) is 3.28. The first-order valence-electron chi connectivity index (χ1n) is 6.33. The zero-order valence-corrected chi connectivity index (χ0v) is 11.3. The Labute approximate surface area is 116 Å². The maximum Gasteiger partial charge on any atom is 0.228 e. The summed E-state index contributed by atoms with van der Waals surface area (Å²) in [5, 5.41) is 7.15. The molecule has 3 aromatic rings. The van der Waals surface area contributed by atoms with Crippen LogP contribution in [-0.4, -0.2) is 25.9 Å². The van der Waals surface area contributed by atoms with Crippen LogP contribution in [0.3, 0.4) is 0 Å². The second-order valence-corrected chi connectivity index (χ2v) is 4.65. The third kappa shape index (κ3) is 2.03. The number of benzene rings is 1. The molecule has 0 atom stereocenters. The minimum atomic E-state index is -0.109. The lowest BCUT2D eigenvalue weighted by molar-refractivity contribution is 0.103. The summed E-state index contributed by atoms with van der Waals surface area (Å²) < 4.78 is 0. The van der Waals surface area contributed by atoms with Gasteiger partial charge in [0.2, 0.25) is 5.78 Å². The second-order valence-electron chi connectivity index (χ2n) is 4.65. The monoisotopic (exact) mass is 266 g/mol. The van der Waals surface area contributed by atoms with Crippen molar-refractivity contribution < 1.29 is 4.79 Å². The van der Waals surface area contributed by atoms with E-state index in [4.69, 9.17) is 0 Å². The molecular weight excluding hydrogens is 252 g/mol. The van der Waals surface area contributed by atoms with Crippen molar-refractivity contribution in [1.29, 1.82) is 0 Å². The molecule has 5 heteroatoms. The normalized spacial score (nSPS) is 10.7. The first-order valence-corrected chi connectivity index (χ1v) is 6.33. The highest BCUT2D eigenvalue weighted by atomic mass is 16.1. The van der Waals surface area contributed by atoms with Crippen LogP contribution in [0.5, 0.6) is 0 Å². The SMILES string of the molecule is Cc1n[nH]c(C)c1-c1ccc(C(=O)c2ncc[nH]2)cc1. The fraction of sp³-hybridized carbons (Fsp3) is 0.133. The Hall–Kier alpha value is -2.69. The molecule has 0 spiro atoms. The van der Waals surface area contributed by atoms with Gasteiger partial charge < -0.3 is 4.98 Å². The lowest BCUT2D eigenvalue weighted by Crippen LogP contribution is -2.03. The molecule has 20 heavy (non-hydrogen) atoms. The van der Waals surface area contributed by atoms with Crippen LogP contribution in [0.4, 0.5) is 0 Å². The number of rotatable bonds is 3. The van der Waals surface area contributed by atoms with Gasteiger partial charge in [0.15, 0.2) is 5.82 Å². The van der Waals surface area contributed by atoms with Crippen LogP contribution < -0.4 is 0 Å². The summed E-state index contributed by atoms with van der Waals surface area (Å²) in [6, 6.07) is 7.49. The molecule has 0 aliphatic carbocycles. The minimum absolute atomic E-state index is 0.109. The van der Waals surface area contributed by atoms with E-state index in [9.17, 15) is 4.79 Å². The molecule has 0 aliphatic rings. The number of aromatic nitrogens is 4. The van der Waals surface area contributed by atoms with Gasteiger partial charge in [-0.1, -0.05) is 24.3 Å². The number of H-pyrrole nitrogens is 2. The number of nitrogens with zero attached hydrogens (tertiary/aromatic N) is 2. The van der Waals surface area contributed by atoms with Crippen LogP contribution in [0, 0.1) is 13.8 Å². The molecule has 2 heterocycles. The molecule has 0 fully saturated rings. The third-order valence-electron chi connectivity index (χ3n) is 3.28. The van der Waals surface area contributed by atoms with Gasteiger partial charge in [-0.25, -0.2) is 4.98 Å². The van der Waals surface area contributed by atoms with Crippen LogP contribution in [0.25, 0.3) is 11.1 Å². The highest BCUT2D eigenvalue weighted by molar-refractivity contribution is 6.06. The fourth-order valence-electron chi connectivity index (χ4n) is 2.29. The van der Waals surface area contributed by atoms with Gasteiger partial charge in [0.05, 0.1) is 5.69 Å². The molecule has 0 saturated carbocycles. The average Bonchev–Trinajstić information content (AvgIpc) is 3.09. The van der Waals surface area contributed by atoms with E-state index in [1.165, 1.54) is 0 Å². The van der Waals surface area contributed by atoms with E-state index in [1.807, 2.05) is 38.1 Å². The van der Waals surface area contributed by atoms with Gasteiger partial charge in [-0.05, 0) is 19.4 Å². The van der Waals surface area contributed by atoms with Crippen LogP contribution in [0.1, 0.15) is 27.6 Å². The first kappa shape index (κ1) is 12.3. The molecule has 5 nitrogen and oxygen atoms in total. The van der Waals surface area contributed by atoms with E-state index >= 15 is 0 Å². The highest BCUT2D eigenvalue weighted by Gasteiger charge is 2.13. The molecule has 0 unspecified atom stereocenters. The molecule has 1 aromatic carbocycles. The number of carbonyl (C=O) groups is 1. The molecule has 0 radical (unpaired) electrons. The number of nitrogens with one attached hydrogen (secondary N) is 2. The standard InChI is InChI=1S/C15H14N4O/c1-9-13(10(2)19-18-9)11-3-5-12(6-4-11)14(20)15-16-7-8-17-15/h3-8H,1-2H3,(H,16,17)(H,18,19). The van der Waals surface area contributed by atoms with E-state index in [-0.39, 0.29) is 5.78 Å². The molecule has 0 bridgehead atoms. The van der Waals surface area contributed by atoms with E-state index < -0.39 is 0 Å². The van der Waals surface area contributed by atoms with Gasteiger partial charge in [-0.2, -0.15) is 5.10 Å². The number of ketones is 1. The van der Waals surface area contributed by atoms with Crippen molar-refractivity contribution in [2.75, 3.05) is 0 Å². The molecule has 0 aliphatic heterocycles. The van der Waals surface area contributed by atoms with Crippen LogP contribution in [0.2, 0.25) is 0 Å². The Kier molecular flexibility index (Phi) is 2.95. The Bertz CT molecular complexity index is 719. The van der Waals surface area contributed by atoms with Gasteiger partial charge in [-0.15, -0.1) is 0 Å². The topological polar surface area (TPSA) is 74.4 Å². The van der Waals surface area contributed by atoms with Crippen molar-refractivity contribution in [3.8, 4) is 11.1 Å². The Balaban J connectivity index is 1.94. The van der Waals surface area contributed by atoms with Gasteiger partial charge >= 0.3 is 0 Å². The van der Waals surface area contributed by atoms with E-state index in [0.29, 0.717) is 11.4 Å². The Morgan fingerprint density at radius 3 is 2.45 bits per heavy atom. The van der Waals surface area contributed by atoms with Gasteiger partial charge in [0.1, 0.15) is 0 Å². The second kappa shape index (κ2) is 4.77. The summed E-state index contributed by atoms with van der Waals surface area (Å²) in [6.07, 6.45) is 3.21. The van der Waals surface area contributed by atoms with Crippen molar-refractivity contribution >= 4 is 5.78 Å². The van der Waals surface area contributed by atoms with Gasteiger partial charge in [-0.3, -0.25) is 9.89 Å². The van der Waals surface area contributed by atoms with Crippen LogP contribution in [0.15, 0.2) is 36.7 Å². The summed E-state index contributed by atoms with van der Waals surface area (Å²) in [5.41, 5.74) is 4.72. The van der Waals surface area contributed by atoms with Gasteiger partial charge in [0.25, 0.3) is 0 Å².